The summed E-state index contributed by atoms with van der Waals surface area (Å²) in [7, 11) is 0. The molecule has 0 aliphatic carbocycles. The Morgan fingerprint density at radius 1 is 1.44 bits per heavy atom. The van der Waals surface area contributed by atoms with E-state index >= 15 is 0 Å². The maximum Gasteiger partial charge on any atom is 0.255 e. The van der Waals surface area contributed by atoms with E-state index in [1.54, 1.807) is 6.07 Å². The van der Waals surface area contributed by atoms with E-state index in [1.807, 2.05) is 13.8 Å². The molecule has 0 radical (unpaired) electrons. The molecule has 0 aliphatic heterocycles. The summed E-state index contributed by atoms with van der Waals surface area (Å²) >= 11 is 5.90. The van der Waals surface area contributed by atoms with Gasteiger partial charge in [-0.1, -0.05) is 30.6 Å². The highest BCUT2D eigenvalue weighted by Gasteiger charge is 2.12. The van der Waals surface area contributed by atoms with Crippen LogP contribution < -0.4 is 5.32 Å². The monoisotopic (exact) mass is 265 g/mol. The van der Waals surface area contributed by atoms with Gasteiger partial charge in [-0.25, -0.2) is 4.98 Å². The van der Waals surface area contributed by atoms with Crippen molar-refractivity contribution < 1.29 is 9.32 Å². The Morgan fingerprint density at radius 3 is 2.83 bits per heavy atom. The molecule has 0 atom stereocenters. The molecule has 2 rings (SSSR count). The largest absolute Gasteiger partial charge is 0.363 e. The van der Waals surface area contributed by atoms with Crippen LogP contribution in [0.15, 0.2) is 29.1 Å². The summed E-state index contributed by atoms with van der Waals surface area (Å²) in [5.41, 5.74) is 1.73. The molecule has 18 heavy (non-hydrogen) atoms. The van der Waals surface area contributed by atoms with Crippen LogP contribution in [-0.4, -0.2) is 16.0 Å². The number of carbonyl (C=O) groups excluding carboxylic acids is 1. The first-order chi connectivity index (χ1) is 8.56. The van der Waals surface area contributed by atoms with Gasteiger partial charge in [0.2, 0.25) is 0 Å². The average Bonchev–Trinajstić information content (AvgIpc) is 2.80. The van der Waals surface area contributed by atoms with E-state index in [9.17, 15) is 4.79 Å². The molecular formula is C12H12ClN3O2. The third-order valence-electron chi connectivity index (χ3n) is 2.36. The van der Waals surface area contributed by atoms with Crippen LogP contribution in [0.5, 0.6) is 0 Å². The first kappa shape index (κ1) is 12.6. The molecule has 5 nitrogen and oxygen atoms in total. The molecular weight excluding hydrogens is 254 g/mol. The fourth-order valence-corrected chi connectivity index (χ4v) is 1.63. The number of rotatable bonds is 3. The second kappa shape index (κ2) is 5.18. The highest BCUT2D eigenvalue weighted by Crippen LogP contribution is 2.18. The minimum atomic E-state index is -0.274. The number of aromatic nitrogens is 2. The van der Waals surface area contributed by atoms with Gasteiger partial charge < -0.3 is 9.84 Å². The van der Waals surface area contributed by atoms with Gasteiger partial charge >= 0.3 is 0 Å². The first-order valence-electron chi connectivity index (χ1n) is 5.44. The van der Waals surface area contributed by atoms with Crippen molar-refractivity contribution in [2.75, 3.05) is 5.32 Å². The van der Waals surface area contributed by atoms with E-state index in [0.717, 1.165) is 5.69 Å². The third-order valence-corrected chi connectivity index (χ3v) is 2.55. The predicted molar refractivity (Wildman–Crippen MR) is 67.8 cm³/mol. The first-order valence-corrected chi connectivity index (χ1v) is 5.82. The fraction of sp³-hybridized carbons (Fsp3) is 0.250. The molecule has 2 heterocycles. The highest BCUT2D eigenvalue weighted by molar-refractivity contribution is 6.29. The Hall–Kier alpha value is -1.88. The maximum atomic E-state index is 12.0. The van der Waals surface area contributed by atoms with Crippen molar-refractivity contribution in [3.05, 3.63) is 41.0 Å². The van der Waals surface area contributed by atoms with Crippen molar-refractivity contribution >= 4 is 23.2 Å². The molecule has 0 aliphatic rings. The van der Waals surface area contributed by atoms with E-state index in [-0.39, 0.29) is 11.8 Å². The molecule has 0 unspecified atom stereocenters. The quantitative estimate of drug-likeness (QED) is 0.866. The summed E-state index contributed by atoms with van der Waals surface area (Å²) in [6.07, 6.45) is 2.77. The zero-order valence-electron chi connectivity index (χ0n) is 9.98. The molecule has 0 saturated heterocycles. The van der Waals surface area contributed by atoms with Crippen molar-refractivity contribution in [3.8, 4) is 0 Å². The number of amides is 1. The Bertz CT molecular complexity index is 552. The second-order valence-electron chi connectivity index (χ2n) is 4.13. The molecule has 0 aromatic carbocycles. The van der Waals surface area contributed by atoms with Gasteiger partial charge in [0.05, 0.1) is 6.20 Å². The third kappa shape index (κ3) is 2.87. The normalized spacial score (nSPS) is 10.7. The van der Waals surface area contributed by atoms with Crippen molar-refractivity contribution in [1.29, 1.82) is 0 Å². The Labute approximate surface area is 109 Å². The van der Waals surface area contributed by atoms with Crippen molar-refractivity contribution in [2.45, 2.75) is 19.8 Å². The summed E-state index contributed by atoms with van der Waals surface area (Å²) in [5.74, 6) is -0.0739. The van der Waals surface area contributed by atoms with Gasteiger partial charge in [0.1, 0.15) is 17.1 Å². The minimum absolute atomic E-state index is 0.200. The number of anilines is 1. The molecule has 0 spiro atoms. The van der Waals surface area contributed by atoms with Crippen molar-refractivity contribution in [1.82, 2.24) is 10.1 Å². The standard InChI is InChI=1S/C12H12ClN3O2/c1-7(2)10-3-8(4-11(13)16-10)12(17)15-9-5-14-18-6-9/h3-7H,1-2H3,(H,15,17). The van der Waals surface area contributed by atoms with Crippen molar-refractivity contribution in [3.63, 3.8) is 0 Å². The van der Waals surface area contributed by atoms with Gasteiger partial charge in [0.25, 0.3) is 5.91 Å². The molecule has 0 fully saturated rings. The molecule has 0 bridgehead atoms. The van der Waals surface area contributed by atoms with E-state index in [4.69, 9.17) is 11.6 Å². The lowest BCUT2D eigenvalue weighted by molar-refractivity contribution is 0.102. The van der Waals surface area contributed by atoms with Crippen molar-refractivity contribution in [2.24, 2.45) is 0 Å². The van der Waals surface area contributed by atoms with Crippen LogP contribution in [0.25, 0.3) is 0 Å². The fourth-order valence-electron chi connectivity index (χ4n) is 1.41. The Balaban J connectivity index is 2.24. The number of pyridine rings is 1. The molecule has 1 amide bonds. The lowest BCUT2D eigenvalue weighted by Crippen LogP contribution is -2.12. The average molecular weight is 266 g/mol. The summed E-state index contributed by atoms with van der Waals surface area (Å²) in [6, 6.07) is 3.25. The summed E-state index contributed by atoms with van der Waals surface area (Å²) in [5, 5.41) is 6.46. The molecule has 94 valence electrons. The zero-order valence-corrected chi connectivity index (χ0v) is 10.7. The lowest BCUT2D eigenvalue weighted by Gasteiger charge is -2.08. The number of nitrogens with one attached hydrogen (secondary N) is 1. The van der Waals surface area contributed by atoms with Gasteiger partial charge in [0.15, 0.2) is 0 Å². The molecule has 0 saturated carbocycles. The van der Waals surface area contributed by atoms with Gasteiger partial charge in [-0.2, -0.15) is 0 Å². The molecule has 2 aromatic rings. The van der Waals surface area contributed by atoms with Crippen LogP contribution in [0.1, 0.15) is 35.8 Å². The minimum Gasteiger partial charge on any atom is -0.363 e. The van der Waals surface area contributed by atoms with Crippen LogP contribution in [0.4, 0.5) is 5.69 Å². The smallest absolute Gasteiger partial charge is 0.255 e. The van der Waals surface area contributed by atoms with Crippen LogP contribution in [0, 0.1) is 0 Å². The molecule has 2 aromatic heterocycles. The summed E-state index contributed by atoms with van der Waals surface area (Å²) in [4.78, 5) is 16.1. The van der Waals surface area contributed by atoms with E-state index in [2.05, 4.69) is 20.0 Å². The molecule has 1 N–H and O–H groups in total. The second-order valence-corrected chi connectivity index (χ2v) is 4.51. The van der Waals surface area contributed by atoms with Crippen LogP contribution in [-0.2, 0) is 0 Å². The number of carbonyl (C=O) groups is 1. The van der Waals surface area contributed by atoms with Gasteiger partial charge in [-0.05, 0) is 18.1 Å². The van der Waals surface area contributed by atoms with E-state index in [0.29, 0.717) is 16.4 Å². The van der Waals surface area contributed by atoms with Gasteiger partial charge in [0, 0.05) is 11.3 Å². The van der Waals surface area contributed by atoms with Gasteiger partial charge in [-0.15, -0.1) is 0 Å². The zero-order chi connectivity index (χ0) is 13.1. The van der Waals surface area contributed by atoms with Crippen LogP contribution in [0.3, 0.4) is 0 Å². The maximum absolute atomic E-state index is 12.0. The predicted octanol–water partition coefficient (Wildman–Crippen LogP) is 3.10. The highest BCUT2D eigenvalue weighted by atomic mass is 35.5. The lowest BCUT2D eigenvalue weighted by atomic mass is 10.1. The number of hydrogen-bond acceptors (Lipinski definition) is 4. The number of nitrogens with zero attached hydrogens (tertiary/aromatic N) is 2. The summed E-state index contributed by atoms with van der Waals surface area (Å²) < 4.78 is 4.63. The van der Waals surface area contributed by atoms with Gasteiger partial charge in [-0.3, -0.25) is 4.79 Å². The van der Waals surface area contributed by atoms with Crippen LogP contribution in [0.2, 0.25) is 5.15 Å². The topological polar surface area (TPSA) is 68.0 Å². The molecule has 6 heteroatoms. The Kier molecular flexibility index (Phi) is 3.62. The van der Waals surface area contributed by atoms with E-state index < -0.39 is 0 Å². The SMILES string of the molecule is CC(C)c1cc(C(=O)Nc2cnoc2)cc(Cl)n1. The number of hydrogen-bond donors (Lipinski definition) is 1. The number of halogens is 1. The summed E-state index contributed by atoms with van der Waals surface area (Å²) in [6.45, 7) is 3.97. The van der Waals surface area contributed by atoms with E-state index in [1.165, 1.54) is 18.5 Å². The van der Waals surface area contributed by atoms with Crippen LogP contribution >= 0.6 is 11.6 Å². The Morgan fingerprint density at radius 2 is 2.22 bits per heavy atom.